The third-order valence-corrected chi connectivity index (χ3v) is 1.42. The molecule has 0 aliphatic carbocycles. The Balaban J connectivity index is 3.47. The fourth-order valence-electron chi connectivity index (χ4n) is 0.827. The lowest BCUT2D eigenvalue weighted by Crippen LogP contribution is -2.15. The van der Waals surface area contributed by atoms with Crippen molar-refractivity contribution in [3.8, 4) is 0 Å². The van der Waals surface area contributed by atoms with E-state index in [2.05, 4.69) is 0 Å². The summed E-state index contributed by atoms with van der Waals surface area (Å²) in [7, 11) is 0. The Labute approximate surface area is 74.3 Å². The number of alkyl halides is 2. The van der Waals surface area contributed by atoms with Crippen molar-refractivity contribution in [2.24, 2.45) is 0 Å². The minimum absolute atomic E-state index is 0.167. The van der Waals surface area contributed by atoms with E-state index in [-0.39, 0.29) is 6.07 Å². The molecule has 0 spiro atoms. The van der Waals surface area contributed by atoms with Gasteiger partial charge in [-0.3, -0.25) is 14.9 Å². The van der Waals surface area contributed by atoms with E-state index in [1.807, 2.05) is 0 Å². The van der Waals surface area contributed by atoms with Crippen LogP contribution in [0, 0.1) is 15.9 Å². The zero-order valence-electron chi connectivity index (χ0n) is 6.46. The van der Waals surface area contributed by atoms with E-state index in [4.69, 9.17) is 0 Å². The quantitative estimate of drug-likeness (QED) is 0.588. The number of nitro groups is 1. The topological polar surface area (TPSA) is 76.0 Å². The molecule has 8 heteroatoms. The number of aromatic nitrogens is 1. The Morgan fingerprint density at radius 2 is 2.07 bits per heavy atom. The largest absolute Gasteiger partial charge is 0.313 e. The van der Waals surface area contributed by atoms with E-state index in [0.717, 1.165) is 0 Å². The van der Waals surface area contributed by atoms with E-state index >= 15 is 0 Å². The van der Waals surface area contributed by atoms with Crippen LogP contribution in [0.1, 0.15) is 12.1 Å². The molecule has 0 aliphatic heterocycles. The standard InChI is InChI=1S/C6H3F3N2O3/c7-2-1-3(11(13)14)4(5(8)9)10-6(2)12/h1,5H,(H,10,12). The third-order valence-electron chi connectivity index (χ3n) is 1.42. The lowest BCUT2D eigenvalue weighted by atomic mass is 10.3. The monoisotopic (exact) mass is 208 g/mol. The molecule has 1 aromatic rings. The van der Waals surface area contributed by atoms with Crippen LogP contribution in [0.2, 0.25) is 0 Å². The summed E-state index contributed by atoms with van der Waals surface area (Å²) in [6.07, 6.45) is -3.23. The summed E-state index contributed by atoms with van der Waals surface area (Å²) < 4.78 is 36.7. The van der Waals surface area contributed by atoms with E-state index in [1.165, 1.54) is 4.98 Å². The van der Waals surface area contributed by atoms with Crippen LogP contribution < -0.4 is 5.56 Å². The molecule has 0 aliphatic rings. The SMILES string of the molecule is O=c1[nH]c(C(F)F)c([N+](=O)[O-])cc1F. The predicted molar refractivity (Wildman–Crippen MR) is 38.6 cm³/mol. The Kier molecular flexibility index (Phi) is 2.54. The van der Waals surface area contributed by atoms with Crippen LogP contribution in [-0.4, -0.2) is 9.91 Å². The minimum atomic E-state index is -3.23. The first-order chi connectivity index (χ1) is 6.43. The molecule has 0 aromatic carbocycles. The number of aromatic amines is 1. The van der Waals surface area contributed by atoms with Gasteiger partial charge in [-0.1, -0.05) is 0 Å². The molecule has 0 fully saturated rings. The maximum atomic E-state index is 12.5. The maximum absolute atomic E-state index is 12.5. The number of pyridine rings is 1. The summed E-state index contributed by atoms with van der Waals surface area (Å²) in [6.45, 7) is 0. The smallest absolute Gasteiger partial charge is 0.297 e. The van der Waals surface area contributed by atoms with E-state index in [9.17, 15) is 28.1 Å². The van der Waals surface area contributed by atoms with Gasteiger partial charge < -0.3 is 4.98 Å². The second kappa shape index (κ2) is 3.48. The van der Waals surface area contributed by atoms with Crippen molar-refractivity contribution in [3.63, 3.8) is 0 Å². The second-order valence-electron chi connectivity index (χ2n) is 2.30. The van der Waals surface area contributed by atoms with Gasteiger partial charge in [-0.2, -0.15) is 0 Å². The van der Waals surface area contributed by atoms with Crippen LogP contribution >= 0.6 is 0 Å². The molecule has 0 amide bonds. The van der Waals surface area contributed by atoms with Gasteiger partial charge in [0.1, 0.15) is 0 Å². The highest BCUT2D eigenvalue weighted by atomic mass is 19.3. The Morgan fingerprint density at radius 3 is 2.50 bits per heavy atom. The first-order valence-corrected chi connectivity index (χ1v) is 3.28. The number of hydrogen-bond donors (Lipinski definition) is 1. The third kappa shape index (κ3) is 1.73. The zero-order valence-corrected chi connectivity index (χ0v) is 6.46. The van der Waals surface area contributed by atoms with Gasteiger partial charge in [-0.05, 0) is 0 Å². The highest BCUT2D eigenvalue weighted by Gasteiger charge is 2.24. The normalized spacial score (nSPS) is 10.6. The van der Waals surface area contributed by atoms with Crippen LogP contribution in [-0.2, 0) is 0 Å². The lowest BCUT2D eigenvalue weighted by molar-refractivity contribution is -0.386. The molecule has 1 heterocycles. The molecule has 0 unspecified atom stereocenters. The molecule has 1 aromatic heterocycles. The summed E-state index contributed by atoms with van der Waals surface area (Å²) in [5, 5.41) is 10.2. The van der Waals surface area contributed by atoms with Gasteiger partial charge in [-0.15, -0.1) is 0 Å². The highest BCUT2D eigenvalue weighted by Crippen LogP contribution is 2.25. The van der Waals surface area contributed by atoms with Gasteiger partial charge >= 0.3 is 0 Å². The van der Waals surface area contributed by atoms with Crippen LogP contribution in [0.3, 0.4) is 0 Å². The molecule has 0 radical (unpaired) electrons. The van der Waals surface area contributed by atoms with Crippen molar-refractivity contribution in [1.29, 1.82) is 0 Å². The molecule has 1 rings (SSSR count). The van der Waals surface area contributed by atoms with Gasteiger partial charge in [0, 0.05) is 0 Å². The van der Waals surface area contributed by atoms with E-state index in [1.54, 1.807) is 0 Å². The Hall–Kier alpha value is -1.86. The highest BCUT2D eigenvalue weighted by molar-refractivity contribution is 5.35. The minimum Gasteiger partial charge on any atom is -0.313 e. The second-order valence-corrected chi connectivity index (χ2v) is 2.30. The van der Waals surface area contributed by atoms with Crippen LogP contribution in [0.5, 0.6) is 0 Å². The molecule has 76 valence electrons. The van der Waals surface area contributed by atoms with E-state index in [0.29, 0.717) is 0 Å². The summed E-state index contributed by atoms with van der Waals surface area (Å²) in [4.78, 5) is 20.9. The summed E-state index contributed by atoms with van der Waals surface area (Å²) in [5.41, 5.74) is -3.75. The average Bonchev–Trinajstić information content (AvgIpc) is 2.08. The van der Waals surface area contributed by atoms with Gasteiger partial charge in [0.25, 0.3) is 17.7 Å². The first-order valence-electron chi connectivity index (χ1n) is 3.28. The number of halogens is 3. The van der Waals surface area contributed by atoms with Crippen molar-refractivity contribution in [2.75, 3.05) is 0 Å². The molecular formula is C6H3F3N2O3. The van der Waals surface area contributed by atoms with Crippen molar-refractivity contribution in [3.05, 3.63) is 38.0 Å². The summed E-state index contributed by atoms with van der Waals surface area (Å²) in [6, 6.07) is 0.167. The molecule has 5 nitrogen and oxygen atoms in total. The molecule has 0 atom stereocenters. The lowest BCUT2D eigenvalue weighted by Gasteiger charge is -2.00. The zero-order chi connectivity index (χ0) is 10.9. The Bertz CT molecular complexity index is 429. The average molecular weight is 208 g/mol. The fraction of sp³-hybridized carbons (Fsp3) is 0.167. The number of H-pyrrole nitrogens is 1. The van der Waals surface area contributed by atoms with Crippen molar-refractivity contribution >= 4 is 5.69 Å². The molecule has 0 saturated carbocycles. The molecule has 14 heavy (non-hydrogen) atoms. The number of nitrogens with one attached hydrogen (secondary N) is 1. The van der Waals surface area contributed by atoms with Crippen molar-refractivity contribution in [2.45, 2.75) is 6.43 Å². The van der Waals surface area contributed by atoms with Gasteiger partial charge in [0.15, 0.2) is 11.5 Å². The van der Waals surface area contributed by atoms with E-state index < -0.39 is 34.1 Å². The summed E-state index contributed by atoms with van der Waals surface area (Å²) >= 11 is 0. The number of rotatable bonds is 2. The van der Waals surface area contributed by atoms with Gasteiger partial charge in [0.2, 0.25) is 0 Å². The number of nitrogens with zero attached hydrogens (tertiary/aromatic N) is 1. The van der Waals surface area contributed by atoms with Crippen LogP contribution in [0.25, 0.3) is 0 Å². The fourth-order valence-corrected chi connectivity index (χ4v) is 0.827. The summed E-state index contributed by atoms with van der Waals surface area (Å²) in [5.74, 6) is -1.47. The first kappa shape index (κ1) is 10.2. The molecule has 1 N–H and O–H groups in total. The Morgan fingerprint density at radius 1 is 1.50 bits per heavy atom. The predicted octanol–water partition coefficient (Wildman–Crippen LogP) is 1.36. The van der Waals surface area contributed by atoms with Crippen LogP contribution in [0.4, 0.5) is 18.9 Å². The molecule has 0 saturated heterocycles. The number of hydrogen-bond acceptors (Lipinski definition) is 3. The van der Waals surface area contributed by atoms with Gasteiger partial charge in [-0.25, -0.2) is 13.2 Å². The molecule has 0 bridgehead atoms. The van der Waals surface area contributed by atoms with Crippen LogP contribution in [0.15, 0.2) is 10.9 Å². The molecular weight excluding hydrogens is 205 g/mol. The maximum Gasteiger partial charge on any atom is 0.297 e. The van der Waals surface area contributed by atoms with Crippen molar-refractivity contribution in [1.82, 2.24) is 4.98 Å². The van der Waals surface area contributed by atoms with Gasteiger partial charge in [0.05, 0.1) is 11.0 Å². The van der Waals surface area contributed by atoms with Crippen molar-refractivity contribution < 1.29 is 18.1 Å².